The molecular weight excluding hydrogens is 334 g/mol. The lowest BCUT2D eigenvalue weighted by Gasteiger charge is -2.15. The van der Waals surface area contributed by atoms with Crippen molar-refractivity contribution in [2.75, 3.05) is 16.8 Å². The minimum Gasteiger partial charge on any atom is -0.325 e. The third kappa shape index (κ3) is 3.36. The Morgan fingerprint density at radius 2 is 2.04 bits per heavy atom. The third-order valence-electron chi connectivity index (χ3n) is 3.98. The zero-order chi connectivity index (χ0) is 17.2. The summed E-state index contributed by atoms with van der Waals surface area (Å²) in [5.41, 5.74) is 1.68. The zero-order valence-corrected chi connectivity index (χ0v) is 14.6. The monoisotopic (exact) mass is 351 g/mol. The normalized spacial score (nSPS) is 14.1. The number of anilines is 3. The molecule has 0 radical (unpaired) electrons. The van der Waals surface area contributed by atoms with E-state index in [0.29, 0.717) is 18.1 Å². The number of carbonyl (C=O) groups is 1. The van der Waals surface area contributed by atoms with Gasteiger partial charge in [0.05, 0.1) is 11.9 Å². The Morgan fingerprint density at radius 1 is 1.12 bits per heavy atom. The predicted molar refractivity (Wildman–Crippen MR) is 99.2 cm³/mol. The Kier molecular flexibility index (Phi) is 4.15. The molecule has 1 N–H and O–H groups in total. The number of carbonyl (C=O) groups excluding carboxylic acids is 1. The van der Waals surface area contributed by atoms with Crippen molar-refractivity contribution in [3.8, 4) is 10.7 Å². The number of aryl methyl sites for hydroxylation is 1. The van der Waals surface area contributed by atoms with E-state index in [4.69, 9.17) is 0 Å². The van der Waals surface area contributed by atoms with Crippen LogP contribution in [0.4, 0.5) is 17.3 Å². The lowest BCUT2D eigenvalue weighted by atomic mass is 10.3. The first kappa shape index (κ1) is 15.7. The molecule has 1 saturated heterocycles. The molecule has 0 spiro atoms. The molecule has 0 atom stereocenters. The van der Waals surface area contributed by atoms with Crippen LogP contribution in [0.25, 0.3) is 10.7 Å². The molecule has 1 amide bonds. The van der Waals surface area contributed by atoms with Gasteiger partial charge < -0.3 is 10.2 Å². The average Bonchev–Trinajstić information content (AvgIpc) is 3.24. The highest BCUT2D eigenvalue weighted by atomic mass is 32.1. The standard InChI is InChI=1S/C18H17N5OS/c1-12-10-20-18(25-12)14-4-2-5-16(21-14)22-15-8-7-13(11-19-15)23-9-3-6-17(23)24/h2,4-5,7-8,10-11H,3,6,9H2,1H3,(H,19,21,22). The molecule has 0 aromatic carbocycles. The maximum absolute atomic E-state index is 11.8. The molecule has 0 bridgehead atoms. The second-order valence-electron chi connectivity index (χ2n) is 5.86. The van der Waals surface area contributed by atoms with Crippen molar-refractivity contribution in [2.24, 2.45) is 0 Å². The van der Waals surface area contributed by atoms with Gasteiger partial charge in [-0.3, -0.25) is 4.79 Å². The molecule has 6 nitrogen and oxygen atoms in total. The van der Waals surface area contributed by atoms with E-state index in [-0.39, 0.29) is 5.91 Å². The first-order chi connectivity index (χ1) is 12.2. The molecule has 3 aromatic heterocycles. The highest BCUT2D eigenvalue weighted by molar-refractivity contribution is 7.14. The number of pyridine rings is 2. The Bertz CT molecular complexity index is 906. The smallest absolute Gasteiger partial charge is 0.227 e. The van der Waals surface area contributed by atoms with Gasteiger partial charge in [-0.15, -0.1) is 11.3 Å². The number of nitrogens with one attached hydrogen (secondary N) is 1. The maximum atomic E-state index is 11.8. The maximum Gasteiger partial charge on any atom is 0.227 e. The number of thiazole rings is 1. The minimum absolute atomic E-state index is 0.163. The summed E-state index contributed by atoms with van der Waals surface area (Å²) in [7, 11) is 0. The SMILES string of the molecule is Cc1cnc(-c2cccc(Nc3ccc(N4CCCC4=O)cn3)n2)s1. The number of aromatic nitrogens is 3. The van der Waals surface area contributed by atoms with Crippen LogP contribution in [-0.4, -0.2) is 27.4 Å². The molecule has 1 aliphatic heterocycles. The molecular formula is C18H17N5OS. The summed E-state index contributed by atoms with van der Waals surface area (Å²) < 4.78 is 0. The van der Waals surface area contributed by atoms with E-state index in [2.05, 4.69) is 20.3 Å². The second kappa shape index (κ2) is 6.60. The summed E-state index contributed by atoms with van der Waals surface area (Å²) in [6.07, 6.45) is 5.10. The van der Waals surface area contributed by atoms with Crippen molar-refractivity contribution in [2.45, 2.75) is 19.8 Å². The van der Waals surface area contributed by atoms with Crippen LogP contribution < -0.4 is 10.2 Å². The van der Waals surface area contributed by atoms with Gasteiger partial charge in [-0.1, -0.05) is 6.07 Å². The fourth-order valence-corrected chi connectivity index (χ4v) is 3.50. The molecule has 0 unspecified atom stereocenters. The van der Waals surface area contributed by atoms with Crippen molar-refractivity contribution in [3.05, 3.63) is 47.6 Å². The van der Waals surface area contributed by atoms with Crippen LogP contribution in [0.1, 0.15) is 17.7 Å². The number of amides is 1. The predicted octanol–water partition coefficient (Wildman–Crippen LogP) is 3.78. The van der Waals surface area contributed by atoms with Gasteiger partial charge in [-0.05, 0) is 37.6 Å². The molecule has 4 heterocycles. The van der Waals surface area contributed by atoms with E-state index in [0.717, 1.165) is 34.2 Å². The second-order valence-corrected chi connectivity index (χ2v) is 7.09. The van der Waals surface area contributed by atoms with Crippen molar-refractivity contribution < 1.29 is 4.79 Å². The van der Waals surface area contributed by atoms with Crippen LogP contribution in [-0.2, 0) is 4.79 Å². The third-order valence-corrected chi connectivity index (χ3v) is 4.91. The fraction of sp³-hybridized carbons (Fsp3) is 0.222. The van der Waals surface area contributed by atoms with Gasteiger partial charge >= 0.3 is 0 Å². The first-order valence-corrected chi connectivity index (χ1v) is 8.94. The van der Waals surface area contributed by atoms with Crippen LogP contribution >= 0.6 is 11.3 Å². The van der Waals surface area contributed by atoms with Crippen molar-refractivity contribution in [1.82, 2.24) is 15.0 Å². The van der Waals surface area contributed by atoms with E-state index >= 15 is 0 Å². The van der Waals surface area contributed by atoms with Crippen molar-refractivity contribution in [3.63, 3.8) is 0 Å². The number of hydrogen-bond acceptors (Lipinski definition) is 6. The van der Waals surface area contributed by atoms with E-state index in [1.54, 1.807) is 22.4 Å². The van der Waals surface area contributed by atoms with Gasteiger partial charge in [0, 0.05) is 24.0 Å². The Hall–Kier alpha value is -2.80. The fourth-order valence-electron chi connectivity index (χ4n) is 2.77. The van der Waals surface area contributed by atoms with Gasteiger partial charge in [0.1, 0.15) is 22.3 Å². The van der Waals surface area contributed by atoms with Crippen LogP contribution in [0.5, 0.6) is 0 Å². The van der Waals surface area contributed by atoms with Crippen LogP contribution in [0.3, 0.4) is 0 Å². The molecule has 0 saturated carbocycles. The highest BCUT2D eigenvalue weighted by Gasteiger charge is 2.21. The molecule has 1 aliphatic rings. The molecule has 25 heavy (non-hydrogen) atoms. The van der Waals surface area contributed by atoms with Gasteiger partial charge in [0.25, 0.3) is 0 Å². The summed E-state index contributed by atoms with van der Waals surface area (Å²) in [4.78, 5) is 28.1. The Morgan fingerprint density at radius 3 is 2.72 bits per heavy atom. The molecule has 4 rings (SSSR count). The van der Waals surface area contributed by atoms with Crippen molar-refractivity contribution >= 4 is 34.6 Å². The molecule has 7 heteroatoms. The lowest BCUT2D eigenvalue weighted by Crippen LogP contribution is -2.23. The molecule has 126 valence electrons. The van der Waals surface area contributed by atoms with E-state index in [1.165, 1.54) is 0 Å². The summed E-state index contributed by atoms with van der Waals surface area (Å²) in [5, 5.41) is 4.10. The first-order valence-electron chi connectivity index (χ1n) is 8.12. The van der Waals surface area contributed by atoms with Gasteiger partial charge in [0.15, 0.2) is 0 Å². The Balaban J connectivity index is 1.51. The summed E-state index contributed by atoms with van der Waals surface area (Å²) in [5.74, 6) is 1.56. The van der Waals surface area contributed by atoms with Crippen LogP contribution in [0.15, 0.2) is 42.7 Å². The van der Waals surface area contributed by atoms with Gasteiger partial charge in [0.2, 0.25) is 5.91 Å². The van der Waals surface area contributed by atoms with Crippen LogP contribution in [0, 0.1) is 6.92 Å². The number of rotatable bonds is 4. The van der Waals surface area contributed by atoms with E-state index in [1.807, 2.05) is 43.5 Å². The summed E-state index contributed by atoms with van der Waals surface area (Å²) in [6, 6.07) is 9.55. The summed E-state index contributed by atoms with van der Waals surface area (Å²) in [6.45, 7) is 2.80. The largest absolute Gasteiger partial charge is 0.325 e. The van der Waals surface area contributed by atoms with E-state index < -0.39 is 0 Å². The van der Waals surface area contributed by atoms with E-state index in [9.17, 15) is 4.79 Å². The quantitative estimate of drug-likeness (QED) is 0.774. The van der Waals surface area contributed by atoms with Gasteiger partial charge in [-0.2, -0.15) is 0 Å². The molecule has 1 fully saturated rings. The molecule has 3 aromatic rings. The number of nitrogens with zero attached hydrogens (tertiary/aromatic N) is 4. The zero-order valence-electron chi connectivity index (χ0n) is 13.8. The lowest BCUT2D eigenvalue weighted by molar-refractivity contribution is -0.117. The topological polar surface area (TPSA) is 71.0 Å². The average molecular weight is 351 g/mol. The Labute approximate surface area is 149 Å². The van der Waals surface area contributed by atoms with Crippen LogP contribution in [0.2, 0.25) is 0 Å². The molecule has 0 aliphatic carbocycles. The highest BCUT2D eigenvalue weighted by Crippen LogP contribution is 2.25. The number of hydrogen-bond donors (Lipinski definition) is 1. The summed E-state index contributed by atoms with van der Waals surface area (Å²) >= 11 is 1.62. The minimum atomic E-state index is 0.163. The van der Waals surface area contributed by atoms with Gasteiger partial charge in [-0.25, -0.2) is 15.0 Å². The van der Waals surface area contributed by atoms with Crippen molar-refractivity contribution in [1.29, 1.82) is 0 Å².